The van der Waals surface area contributed by atoms with Gasteiger partial charge in [-0.2, -0.15) is 0 Å². The van der Waals surface area contributed by atoms with E-state index in [4.69, 9.17) is 14.0 Å². The molecule has 2 aliphatic heterocycles. The maximum atomic E-state index is 14.9. The molecule has 0 bridgehead atoms. The number of carbonyl (C=O) groups is 1. The third-order valence-corrected chi connectivity index (χ3v) is 6.39. The molecule has 1 amide bonds. The molecule has 2 aliphatic rings. The second kappa shape index (κ2) is 8.37. The van der Waals surface area contributed by atoms with Crippen molar-refractivity contribution in [3.63, 3.8) is 0 Å². The predicted molar refractivity (Wildman–Crippen MR) is 120 cm³/mol. The van der Waals surface area contributed by atoms with Crippen molar-refractivity contribution in [1.82, 2.24) is 9.80 Å². The molecular formula is C23H36BFN2O4. The number of hydrogen-bond acceptors (Lipinski definition) is 5. The van der Waals surface area contributed by atoms with Gasteiger partial charge in [-0.25, -0.2) is 9.18 Å². The molecule has 0 aromatic heterocycles. The molecule has 0 saturated carbocycles. The molecular weight excluding hydrogens is 398 g/mol. The van der Waals surface area contributed by atoms with Crippen molar-refractivity contribution in [3.8, 4) is 0 Å². The average Bonchev–Trinajstić information content (AvgIpc) is 2.84. The first-order chi connectivity index (χ1) is 14.2. The van der Waals surface area contributed by atoms with E-state index in [1.54, 1.807) is 4.90 Å². The van der Waals surface area contributed by atoms with Crippen LogP contribution in [0.5, 0.6) is 0 Å². The maximum absolute atomic E-state index is 14.9. The Labute approximate surface area is 186 Å². The van der Waals surface area contributed by atoms with Crippen LogP contribution in [0, 0.1) is 5.82 Å². The van der Waals surface area contributed by atoms with E-state index in [0.717, 1.165) is 0 Å². The predicted octanol–water partition coefficient (Wildman–Crippen LogP) is 3.57. The van der Waals surface area contributed by atoms with Crippen LogP contribution >= 0.6 is 0 Å². The summed E-state index contributed by atoms with van der Waals surface area (Å²) in [6.45, 7) is 17.8. The highest BCUT2D eigenvalue weighted by Gasteiger charge is 2.51. The number of carbonyl (C=O) groups excluding carboxylic acids is 1. The normalized spacial score (nSPS) is 23.8. The number of benzene rings is 1. The SMILES string of the molecule is C[C@@H]1CN(C(=O)OC(C)(C)C)CCN1Cc1ccc(B2OC(C)(C)C(C)(C)O2)cc1F. The number of rotatable bonds is 3. The van der Waals surface area contributed by atoms with Crippen LogP contribution in [0.3, 0.4) is 0 Å². The molecule has 0 radical (unpaired) electrons. The van der Waals surface area contributed by atoms with E-state index in [2.05, 4.69) is 4.90 Å². The van der Waals surface area contributed by atoms with Gasteiger partial charge in [-0.05, 0) is 66.9 Å². The number of halogens is 1. The zero-order valence-corrected chi connectivity index (χ0v) is 20.1. The highest BCUT2D eigenvalue weighted by Crippen LogP contribution is 2.36. The molecule has 1 aromatic carbocycles. The second-order valence-electron chi connectivity index (χ2n) is 10.7. The number of nitrogens with zero attached hydrogens (tertiary/aromatic N) is 2. The molecule has 0 N–H and O–H groups in total. The Morgan fingerprint density at radius 3 is 2.32 bits per heavy atom. The zero-order valence-electron chi connectivity index (χ0n) is 20.1. The first kappa shape index (κ1) is 24.0. The van der Waals surface area contributed by atoms with Gasteiger partial charge in [0, 0.05) is 37.8 Å². The minimum absolute atomic E-state index is 0.100. The van der Waals surface area contributed by atoms with Crippen LogP contribution in [0.4, 0.5) is 9.18 Å². The molecule has 2 heterocycles. The van der Waals surface area contributed by atoms with E-state index in [9.17, 15) is 9.18 Å². The lowest BCUT2D eigenvalue weighted by Crippen LogP contribution is -2.54. The summed E-state index contributed by atoms with van der Waals surface area (Å²) < 4.78 is 32.5. The fourth-order valence-electron chi connectivity index (χ4n) is 3.76. The molecule has 1 atom stereocenters. The van der Waals surface area contributed by atoms with Crippen LogP contribution in [0.15, 0.2) is 18.2 Å². The van der Waals surface area contributed by atoms with Gasteiger partial charge >= 0.3 is 13.2 Å². The fourth-order valence-corrected chi connectivity index (χ4v) is 3.76. The summed E-state index contributed by atoms with van der Waals surface area (Å²) in [5, 5.41) is 0. The van der Waals surface area contributed by atoms with Gasteiger partial charge in [-0.15, -0.1) is 0 Å². The standard InChI is InChI=1S/C23H36BFN2O4/c1-16-14-27(20(28)29-21(2,3)4)12-11-26(16)15-17-9-10-18(13-19(17)25)24-30-22(5,6)23(7,8)31-24/h9-10,13,16H,11-12,14-15H2,1-8H3/t16-/m1/s1. The third kappa shape index (κ3) is 5.41. The Morgan fingerprint density at radius 2 is 1.81 bits per heavy atom. The van der Waals surface area contributed by atoms with Gasteiger partial charge in [0.05, 0.1) is 11.2 Å². The average molecular weight is 434 g/mol. The van der Waals surface area contributed by atoms with Gasteiger partial charge in [0.15, 0.2) is 0 Å². The fraction of sp³-hybridized carbons (Fsp3) is 0.696. The monoisotopic (exact) mass is 434 g/mol. The van der Waals surface area contributed by atoms with Crippen LogP contribution in [0.2, 0.25) is 0 Å². The van der Waals surface area contributed by atoms with Gasteiger partial charge in [-0.1, -0.05) is 12.1 Å². The smallest absolute Gasteiger partial charge is 0.444 e. The summed E-state index contributed by atoms with van der Waals surface area (Å²) in [6, 6.07) is 5.30. The van der Waals surface area contributed by atoms with Crippen molar-refractivity contribution in [1.29, 1.82) is 0 Å². The second-order valence-corrected chi connectivity index (χ2v) is 10.7. The molecule has 0 unspecified atom stereocenters. The van der Waals surface area contributed by atoms with Gasteiger partial charge < -0.3 is 18.9 Å². The van der Waals surface area contributed by atoms with E-state index >= 15 is 0 Å². The summed E-state index contributed by atoms with van der Waals surface area (Å²) in [6.07, 6.45) is -0.294. The van der Waals surface area contributed by atoms with Gasteiger partial charge in [0.25, 0.3) is 0 Å². The molecule has 0 aliphatic carbocycles. The highest BCUT2D eigenvalue weighted by atomic mass is 19.1. The Hall–Kier alpha value is -1.64. The highest BCUT2D eigenvalue weighted by molar-refractivity contribution is 6.62. The molecule has 3 rings (SSSR count). The lowest BCUT2D eigenvalue weighted by molar-refractivity contribution is 0.00446. The quantitative estimate of drug-likeness (QED) is 0.681. The van der Waals surface area contributed by atoms with Crippen LogP contribution in [-0.2, 0) is 20.6 Å². The van der Waals surface area contributed by atoms with Gasteiger partial charge in [-0.3, -0.25) is 4.90 Å². The Morgan fingerprint density at radius 1 is 1.19 bits per heavy atom. The molecule has 31 heavy (non-hydrogen) atoms. The summed E-state index contributed by atoms with van der Waals surface area (Å²) in [5.74, 6) is -0.269. The van der Waals surface area contributed by atoms with E-state index in [1.165, 1.54) is 6.07 Å². The van der Waals surface area contributed by atoms with Crippen molar-refractivity contribution in [2.45, 2.75) is 84.8 Å². The van der Waals surface area contributed by atoms with Crippen LogP contribution in [0.25, 0.3) is 0 Å². The summed E-state index contributed by atoms with van der Waals surface area (Å²) in [7, 11) is -0.579. The lowest BCUT2D eigenvalue weighted by atomic mass is 9.78. The van der Waals surface area contributed by atoms with E-state index in [1.807, 2.05) is 67.5 Å². The first-order valence-electron chi connectivity index (χ1n) is 11.0. The Balaban J connectivity index is 1.62. The first-order valence-corrected chi connectivity index (χ1v) is 11.0. The largest absolute Gasteiger partial charge is 0.494 e. The summed E-state index contributed by atoms with van der Waals surface area (Å²) in [5.41, 5.74) is -0.133. The van der Waals surface area contributed by atoms with Crippen molar-refractivity contribution in [2.75, 3.05) is 19.6 Å². The third-order valence-electron chi connectivity index (χ3n) is 6.39. The van der Waals surface area contributed by atoms with Crippen molar-refractivity contribution < 1.29 is 23.2 Å². The minimum atomic E-state index is -0.579. The van der Waals surface area contributed by atoms with E-state index in [-0.39, 0.29) is 18.0 Å². The zero-order chi connectivity index (χ0) is 23.2. The topological polar surface area (TPSA) is 51.2 Å². The maximum Gasteiger partial charge on any atom is 0.494 e. The van der Waals surface area contributed by atoms with E-state index in [0.29, 0.717) is 37.2 Å². The van der Waals surface area contributed by atoms with Crippen molar-refractivity contribution in [2.24, 2.45) is 0 Å². The number of ether oxygens (including phenoxy) is 1. The van der Waals surface area contributed by atoms with Crippen molar-refractivity contribution >= 4 is 18.7 Å². The minimum Gasteiger partial charge on any atom is -0.444 e. The Kier molecular flexibility index (Phi) is 6.49. The molecule has 6 nitrogen and oxygen atoms in total. The molecule has 2 saturated heterocycles. The van der Waals surface area contributed by atoms with Gasteiger partial charge in [0.1, 0.15) is 11.4 Å². The number of hydrogen-bond donors (Lipinski definition) is 0. The van der Waals surface area contributed by atoms with Crippen LogP contribution in [0.1, 0.15) is 61.0 Å². The molecule has 1 aromatic rings. The Bertz CT molecular complexity index is 808. The molecule has 0 spiro atoms. The summed E-state index contributed by atoms with van der Waals surface area (Å²) in [4.78, 5) is 16.2. The van der Waals surface area contributed by atoms with Crippen molar-refractivity contribution in [3.05, 3.63) is 29.6 Å². The molecule has 172 valence electrons. The molecule has 8 heteroatoms. The number of piperazine rings is 1. The van der Waals surface area contributed by atoms with E-state index < -0.39 is 23.9 Å². The number of amides is 1. The summed E-state index contributed by atoms with van der Waals surface area (Å²) >= 11 is 0. The van der Waals surface area contributed by atoms with Crippen LogP contribution in [-0.4, -0.2) is 65.5 Å². The van der Waals surface area contributed by atoms with Crippen LogP contribution < -0.4 is 5.46 Å². The molecule has 2 fully saturated rings. The lowest BCUT2D eigenvalue weighted by Gasteiger charge is -2.40. The van der Waals surface area contributed by atoms with Gasteiger partial charge in [0.2, 0.25) is 0 Å².